The normalized spacial score (nSPS) is 18.7. The lowest BCUT2D eigenvalue weighted by atomic mass is 10.2. The van der Waals surface area contributed by atoms with Crippen LogP contribution in [-0.2, 0) is 19.1 Å². The molecule has 0 saturated carbocycles. The summed E-state index contributed by atoms with van der Waals surface area (Å²) in [5, 5.41) is 0. The summed E-state index contributed by atoms with van der Waals surface area (Å²) < 4.78 is 4.67. The Bertz CT molecular complexity index is 335. The SMILES string of the molecule is COC(=O)C1CCCN1C(=O)CCSCC(N)=O. The van der Waals surface area contributed by atoms with Gasteiger partial charge in [-0.25, -0.2) is 4.79 Å². The lowest BCUT2D eigenvalue weighted by Gasteiger charge is -2.22. The molecule has 102 valence electrons. The van der Waals surface area contributed by atoms with E-state index in [1.54, 1.807) is 4.90 Å². The monoisotopic (exact) mass is 274 g/mol. The van der Waals surface area contributed by atoms with Crippen LogP contribution in [0.15, 0.2) is 0 Å². The fourth-order valence-electron chi connectivity index (χ4n) is 1.92. The number of carbonyl (C=O) groups excluding carboxylic acids is 3. The molecule has 1 unspecified atom stereocenters. The van der Waals surface area contributed by atoms with Crippen LogP contribution in [0.1, 0.15) is 19.3 Å². The van der Waals surface area contributed by atoms with Gasteiger partial charge in [-0.05, 0) is 12.8 Å². The molecule has 2 N–H and O–H groups in total. The van der Waals surface area contributed by atoms with Crippen molar-refractivity contribution in [2.45, 2.75) is 25.3 Å². The second-order valence-electron chi connectivity index (χ2n) is 4.04. The molecule has 0 spiro atoms. The number of ether oxygens (including phenoxy) is 1. The smallest absolute Gasteiger partial charge is 0.328 e. The Hall–Kier alpha value is -1.24. The van der Waals surface area contributed by atoms with E-state index in [4.69, 9.17) is 5.73 Å². The minimum atomic E-state index is -0.441. The van der Waals surface area contributed by atoms with Crippen molar-refractivity contribution in [1.82, 2.24) is 4.90 Å². The summed E-state index contributed by atoms with van der Waals surface area (Å²) in [6.07, 6.45) is 1.79. The van der Waals surface area contributed by atoms with Gasteiger partial charge in [-0.3, -0.25) is 9.59 Å². The molecule has 18 heavy (non-hydrogen) atoms. The summed E-state index contributed by atoms with van der Waals surface area (Å²) in [6, 6.07) is -0.441. The van der Waals surface area contributed by atoms with Gasteiger partial charge in [0.25, 0.3) is 0 Å². The molecule has 1 aliphatic rings. The lowest BCUT2D eigenvalue weighted by molar-refractivity contribution is -0.150. The Labute approximate surface area is 110 Å². The number of nitrogens with zero attached hydrogens (tertiary/aromatic N) is 1. The van der Waals surface area contributed by atoms with Crippen molar-refractivity contribution in [3.63, 3.8) is 0 Å². The summed E-state index contributed by atoms with van der Waals surface area (Å²) in [4.78, 5) is 35.5. The Morgan fingerprint density at radius 3 is 2.78 bits per heavy atom. The topological polar surface area (TPSA) is 89.7 Å². The number of thioether (sulfide) groups is 1. The standard InChI is InChI=1S/C11H18N2O4S/c1-17-11(16)8-3-2-5-13(8)10(15)4-6-18-7-9(12)14/h8H,2-7H2,1H3,(H2,12,14). The Balaban J connectivity index is 2.36. The van der Waals surface area contributed by atoms with Gasteiger partial charge in [0.05, 0.1) is 12.9 Å². The van der Waals surface area contributed by atoms with Crippen molar-refractivity contribution < 1.29 is 19.1 Å². The van der Waals surface area contributed by atoms with Crippen LogP contribution in [0.2, 0.25) is 0 Å². The van der Waals surface area contributed by atoms with Crippen molar-refractivity contribution in [1.29, 1.82) is 0 Å². The van der Waals surface area contributed by atoms with Crippen LogP contribution < -0.4 is 5.73 Å². The third-order valence-corrected chi connectivity index (χ3v) is 3.73. The van der Waals surface area contributed by atoms with Gasteiger partial charge in [0.1, 0.15) is 6.04 Å². The predicted molar refractivity (Wildman–Crippen MR) is 67.9 cm³/mol. The first kappa shape index (κ1) is 14.8. The van der Waals surface area contributed by atoms with Gasteiger partial charge >= 0.3 is 5.97 Å². The average molecular weight is 274 g/mol. The Morgan fingerprint density at radius 2 is 2.17 bits per heavy atom. The van der Waals surface area contributed by atoms with E-state index in [1.807, 2.05) is 0 Å². The highest BCUT2D eigenvalue weighted by Crippen LogP contribution is 2.19. The number of primary amides is 1. The highest BCUT2D eigenvalue weighted by Gasteiger charge is 2.34. The van der Waals surface area contributed by atoms with E-state index >= 15 is 0 Å². The Kier molecular flexibility index (Phi) is 5.97. The third-order valence-electron chi connectivity index (χ3n) is 2.75. The average Bonchev–Trinajstić information content (AvgIpc) is 2.82. The number of hydrogen-bond donors (Lipinski definition) is 1. The fourth-order valence-corrected chi connectivity index (χ4v) is 2.59. The highest BCUT2D eigenvalue weighted by molar-refractivity contribution is 7.99. The summed E-state index contributed by atoms with van der Waals surface area (Å²) in [5.74, 6) is -0.0635. The van der Waals surface area contributed by atoms with Gasteiger partial charge in [-0.2, -0.15) is 11.8 Å². The third kappa shape index (κ3) is 4.21. The number of methoxy groups -OCH3 is 1. The largest absolute Gasteiger partial charge is 0.467 e. The number of hydrogen-bond acceptors (Lipinski definition) is 5. The fraction of sp³-hybridized carbons (Fsp3) is 0.727. The lowest BCUT2D eigenvalue weighted by Crippen LogP contribution is -2.41. The molecule has 1 atom stereocenters. The van der Waals surface area contributed by atoms with E-state index in [1.165, 1.54) is 18.9 Å². The molecule has 6 nitrogen and oxygen atoms in total. The minimum absolute atomic E-state index is 0.0696. The van der Waals surface area contributed by atoms with Crippen molar-refractivity contribution in [2.24, 2.45) is 5.73 Å². The molecular weight excluding hydrogens is 256 g/mol. The van der Waals surface area contributed by atoms with E-state index < -0.39 is 6.04 Å². The maximum absolute atomic E-state index is 11.9. The molecule has 1 aliphatic heterocycles. The molecule has 0 radical (unpaired) electrons. The summed E-state index contributed by atoms with van der Waals surface area (Å²) in [6.45, 7) is 0.596. The first-order valence-electron chi connectivity index (χ1n) is 5.79. The molecule has 0 aromatic carbocycles. The summed E-state index contributed by atoms with van der Waals surface area (Å²) in [5.41, 5.74) is 4.99. The van der Waals surface area contributed by atoms with Gasteiger partial charge in [0.15, 0.2) is 0 Å². The molecule has 0 aromatic heterocycles. The van der Waals surface area contributed by atoms with Crippen LogP contribution >= 0.6 is 11.8 Å². The number of likely N-dealkylation sites (tertiary alicyclic amines) is 1. The van der Waals surface area contributed by atoms with Gasteiger partial charge in [-0.15, -0.1) is 0 Å². The minimum Gasteiger partial charge on any atom is -0.467 e. The number of carbonyl (C=O) groups is 3. The molecule has 1 heterocycles. The predicted octanol–water partition coefficient (Wildman–Crippen LogP) is -0.241. The molecule has 1 rings (SSSR count). The van der Waals surface area contributed by atoms with Gasteiger partial charge in [-0.1, -0.05) is 0 Å². The van der Waals surface area contributed by atoms with E-state index in [2.05, 4.69) is 4.74 Å². The van der Waals surface area contributed by atoms with Gasteiger partial charge in [0, 0.05) is 18.7 Å². The molecule has 1 fully saturated rings. The summed E-state index contributed by atoms with van der Waals surface area (Å²) in [7, 11) is 1.33. The second kappa shape index (κ2) is 7.25. The van der Waals surface area contributed by atoms with Crippen LogP contribution in [0.3, 0.4) is 0 Å². The van der Waals surface area contributed by atoms with E-state index in [-0.39, 0.29) is 23.5 Å². The molecule has 2 amide bonds. The number of esters is 1. The van der Waals surface area contributed by atoms with Crippen LogP contribution in [0, 0.1) is 0 Å². The number of amides is 2. The number of nitrogens with two attached hydrogens (primary N) is 1. The van der Waals surface area contributed by atoms with E-state index in [0.29, 0.717) is 25.1 Å². The zero-order valence-corrected chi connectivity index (χ0v) is 11.2. The molecule has 0 aliphatic carbocycles. The maximum atomic E-state index is 11.9. The zero-order chi connectivity index (χ0) is 13.5. The van der Waals surface area contributed by atoms with Crippen molar-refractivity contribution in [3.8, 4) is 0 Å². The highest BCUT2D eigenvalue weighted by atomic mass is 32.2. The second-order valence-corrected chi connectivity index (χ2v) is 5.14. The van der Waals surface area contributed by atoms with Crippen molar-refractivity contribution in [3.05, 3.63) is 0 Å². The maximum Gasteiger partial charge on any atom is 0.328 e. The zero-order valence-electron chi connectivity index (χ0n) is 10.4. The van der Waals surface area contributed by atoms with Crippen LogP contribution in [-0.4, -0.2) is 53.9 Å². The molecular formula is C11H18N2O4S. The van der Waals surface area contributed by atoms with Gasteiger partial charge < -0.3 is 15.4 Å². The van der Waals surface area contributed by atoms with Crippen LogP contribution in [0.5, 0.6) is 0 Å². The van der Waals surface area contributed by atoms with E-state index in [0.717, 1.165) is 6.42 Å². The molecule has 7 heteroatoms. The van der Waals surface area contributed by atoms with Gasteiger partial charge in [0.2, 0.25) is 11.8 Å². The first-order chi connectivity index (χ1) is 8.56. The quantitative estimate of drug-likeness (QED) is 0.533. The Morgan fingerprint density at radius 1 is 1.44 bits per heavy atom. The van der Waals surface area contributed by atoms with Crippen LogP contribution in [0.4, 0.5) is 0 Å². The van der Waals surface area contributed by atoms with Crippen LogP contribution in [0.25, 0.3) is 0 Å². The summed E-state index contributed by atoms with van der Waals surface area (Å²) >= 11 is 1.33. The molecule has 0 bridgehead atoms. The van der Waals surface area contributed by atoms with Crippen molar-refractivity contribution >= 4 is 29.5 Å². The first-order valence-corrected chi connectivity index (χ1v) is 6.95. The molecule has 0 aromatic rings. The van der Waals surface area contributed by atoms with Crippen molar-refractivity contribution in [2.75, 3.05) is 25.2 Å². The van der Waals surface area contributed by atoms with E-state index in [9.17, 15) is 14.4 Å². The molecule has 1 saturated heterocycles. The number of rotatable bonds is 6.